The SMILES string of the molecule is CC[C@H](C(=O)N[C@@H](C)CC)N(Cc1ccc(C)cc1)C(=O)CN(c1ccc(C)cc1C)S(=O)(=O)c1ccc(C)cc1. The van der Waals surface area contributed by atoms with Crippen LogP contribution in [0.5, 0.6) is 0 Å². The largest absolute Gasteiger partial charge is 0.352 e. The Labute approximate surface area is 245 Å². The summed E-state index contributed by atoms with van der Waals surface area (Å²) in [4.78, 5) is 29.2. The Balaban J connectivity index is 2.09. The minimum atomic E-state index is -4.10. The third-order valence-corrected chi connectivity index (χ3v) is 9.14. The molecule has 0 bridgehead atoms. The van der Waals surface area contributed by atoms with Crippen LogP contribution in [0.4, 0.5) is 5.69 Å². The molecule has 2 amide bonds. The predicted octanol–water partition coefficient (Wildman–Crippen LogP) is 5.84. The van der Waals surface area contributed by atoms with Crippen molar-refractivity contribution in [3.63, 3.8) is 0 Å². The first-order chi connectivity index (χ1) is 19.4. The van der Waals surface area contributed by atoms with Crippen LogP contribution in [-0.4, -0.2) is 43.8 Å². The summed E-state index contributed by atoms with van der Waals surface area (Å²) in [5.74, 6) is -0.700. The maximum atomic E-state index is 14.2. The van der Waals surface area contributed by atoms with Gasteiger partial charge in [-0.1, -0.05) is 79.1 Å². The minimum absolute atomic E-state index is 0.0542. The quantitative estimate of drug-likeness (QED) is 0.293. The van der Waals surface area contributed by atoms with Crippen molar-refractivity contribution < 1.29 is 18.0 Å². The number of sulfonamides is 1. The molecule has 2 atom stereocenters. The number of anilines is 1. The molecule has 0 unspecified atom stereocenters. The van der Waals surface area contributed by atoms with E-state index in [0.29, 0.717) is 12.1 Å². The van der Waals surface area contributed by atoms with Crippen LogP contribution in [0.1, 0.15) is 61.4 Å². The van der Waals surface area contributed by atoms with Crippen LogP contribution in [0, 0.1) is 27.7 Å². The van der Waals surface area contributed by atoms with Gasteiger partial charge in [-0.25, -0.2) is 8.42 Å². The molecule has 0 saturated carbocycles. The summed E-state index contributed by atoms with van der Waals surface area (Å²) in [7, 11) is -4.10. The van der Waals surface area contributed by atoms with Gasteiger partial charge in [0, 0.05) is 12.6 Å². The maximum absolute atomic E-state index is 14.2. The van der Waals surface area contributed by atoms with E-state index in [1.54, 1.807) is 30.3 Å². The number of nitrogens with zero attached hydrogens (tertiary/aromatic N) is 2. The number of amides is 2. The van der Waals surface area contributed by atoms with Crippen molar-refractivity contribution in [3.05, 3.63) is 94.5 Å². The van der Waals surface area contributed by atoms with E-state index < -0.39 is 28.5 Å². The summed E-state index contributed by atoms with van der Waals surface area (Å²) < 4.78 is 29.3. The van der Waals surface area contributed by atoms with Crippen LogP contribution >= 0.6 is 0 Å². The van der Waals surface area contributed by atoms with Gasteiger partial charge in [0.15, 0.2) is 0 Å². The van der Waals surface area contributed by atoms with E-state index in [9.17, 15) is 18.0 Å². The zero-order valence-corrected chi connectivity index (χ0v) is 26.1. The molecule has 220 valence electrons. The summed E-state index contributed by atoms with van der Waals surface area (Å²) in [6.07, 6.45) is 1.14. The Morgan fingerprint density at radius 1 is 0.805 bits per heavy atom. The molecule has 8 heteroatoms. The van der Waals surface area contributed by atoms with Crippen molar-refractivity contribution >= 4 is 27.5 Å². The molecular weight excluding hydrogens is 534 g/mol. The van der Waals surface area contributed by atoms with E-state index in [2.05, 4.69) is 5.32 Å². The Kier molecular flexibility index (Phi) is 10.7. The summed E-state index contributed by atoms with van der Waals surface area (Å²) in [5.41, 5.74) is 5.02. The number of carbonyl (C=O) groups is 2. The third kappa shape index (κ3) is 7.97. The van der Waals surface area contributed by atoms with Crippen molar-refractivity contribution in [2.75, 3.05) is 10.8 Å². The third-order valence-electron chi connectivity index (χ3n) is 7.37. The van der Waals surface area contributed by atoms with Crippen molar-refractivity contribution in [1.82, 2.24) is 10.2 Å². The second-order valence-electron chi connectivity index (χ2n) is 10.9. The summed E-state index contributed by atoms with van der Waals surface area (Å²) in [6.45, 7) is 13.1. The molecule has 3 aromatic carbocycles. The van der Waals surface area contributed by atoms with Gasteiger partial charge >= 0.3 is 0 Å². The van der Waals surface area contributed by atoms with Crippen molar-refractivity contribution in [2.24, 2.45) is 0 Å². The monoisotopic (exact) mass is 577 g/mol. The zero-order valence-electron chi connectivity index (χ0n) is 25.3. The van der Waals surface area contributed by atoms with Gasteiger partial charge in [0.25, 0.3) is 10.0 Å². The highest BCUT2D eigenvalue weighted by Gasteiger charge is 2.34. The van der Waals surface area contributed by atoms with E-state index in [1.807, 2.05) is 84.9 Å². The highest BCUT2D eigenvalue weighted by atomic mass is 32.2. The molecule has 0 spiro atoms. The smallest absolute Gasteiger partial charge is 0.264 e. The molecule has 0 aliphatic carbocycles. The van der Waals surface area contributed by atoms with Crippen molar-refractivity contribution in [1.29, 1.82) is 0 Å². The second-order valence-corrected chi connectivity index (χ2v) is 12.7. The molecule has 0 aromatic heterocycles. The van der Waals surface area contributed by atoms with Gasteiger partial charge in [0.2, 0.25) is 11.8 Å². The molecule has 0 radical (unpaired) electrons. The van der Waals surface area contributed by atoms with Gasteiger partial charge in [-0.05, 0) is 76.8 Å². The molecule has 7 nitrogen and oxygen atoms in total. The minimum Gasteiger partial charge on any atom is -0.352 e. The number of rotatable bonds is 12. The highest BCUT2D eigenvalue weighted by Crippen LogP contribution is 2.28. The van der Waals surface area contributed by atoms with Crippen LogP contribution in [0.25, 0.3) is 0 Å². The highest BCUT2D eigenvalue weighted by molar-refractivity contribution is 7.92. The van der Waals surface area contributed by atoms with Crippen LogP contribution < -0.4 is 9.62 Å². The number of hydrogen-bond acceptors (Lipinski definition) is 4. The predicted molar refractivity (Wildman–Crippen MR) is 165 cm³/mol. The van der Waals surface area contributed by atoms with E-state index in [4.69, 9.17) is 0 Å². The summed E-state index contributed by atoms with van der Waals surface area (Å²) >= 11 is 0. The van der Waals surface area contributed by atoms with E-state index in [0.717, 1.165) is 34.2 Å². The average molecular weight is 578 g/mol. The Bertz CT molecular complexity index is 1450. The second kappa shape index (κ2) is 13.8. The normalized spacial score (nSPS) is 12.9. The van der Waals surface area contributed by atoms with Gasteiger partial charge in [-0.15, -0.1) is 0 Å². The Morgan fingerprint density at radius 2 is 1.37 bits per heavy atom. The first-order valence-electron chi connectivity index (χ1n) is 14.2. The number of nitrogens with one attached hydrogen (secondary N) is 1. The van der Waals surface area contributed by atoms with Crippen LogP contribution in [0.3, 0.4) is 0 Å². The lowest BCUT2D eigenvalue weighted by Gasteiger charge is -2.34. The topological polar surface area (TPSA) is 86.8 Å². The lowest BCUT2D eigenvalue weighted by atomic mass is 10.1. The number of benzene rings is 3. The lowest BCUT2D eigenvalue weighted by molar-refractivity contribution is -0.140. The fraction of sp³-hybridized carbons (Fsp3) is 0.394. The molecular formula is C33H43N3O4S. The lowest BCUT2D eigenvalue weighted by Crippen LogP contribution is -2.53. The van der Waals surface area contributed by atoms with Crippen molar-refractivity contribution in [2.45, 2.75) is 84.8 Å². The summed E-state index contributed by atoms with van der Waals surface area (Å²) in [6, 6.07) is 19.0. The van der Waals surface area contributed by atoms with Gasteiger partial charge in [0.1, 0.15) is 12.6 Å². The van der Waals surface area contributed by atoms with E-state index in [1.165, 1.54) is 9.21 Å². The maximum Gasteiger partial charge on any atom is 0.264 e. The molecule has 0 heterocycles. The number of carbonyl (C=O) groups excluding carboxylic acids is 2. The summed E-state index contributed by atoms with van der Waals surface area (Å²) in [5, 5.41) is 3.01. The van der Waals surface area contributed by atoms with E-state index in [-0.39, 0.29) is 23.4 Å². The number of hydrogen-bond donors (Lipinski definition) is 1. The Morgan fingerprint density at radius 3 is 1.90 bits per heavy atom. The van der Waals surface area contributed by atoms with Gasteiger partial charge < -0.3 is 10.2 Å². The first kappa shape index (κ1) is 31.9. The molecule has 0 aliphatic heterocycles. The molecule has 0 saturated heterocycles. The fourth-order valence-corrected chi connectivity index (χ4v) is 6.17. The Hall–Kier alpha value is -3.65. The standard InChI is InChI=1S/C33H43N3O4S/c1-8-27(7)34-33(38)30(9-2)35(21-28-15-10-23(3)11-16-28)32(37)22-36(31-19-14-25(5)20-26(31)6)41(39,40)29-17-12-24(4)13-18-29/h10-20,27,30H,8-9,21-22H2,1-7H3,(H,34,38)/t27-,30+/m0/s1. The van der Waals surface area contributed by atoms with Crippen LogP contribution in [0.15, 0.2) is 71.6 Å². The van der Waals surface area contributed by atoms with Crippen LogP contribution in [-0.2, 0) is 26.2 Å². The number of aryl methyl sites for hydroxylation is 4. The van der Waals surface area contributed by atoms with Gasteiger partial charge in [-0.2, -0.15) is 0 Å². The first-order valence-corrected chi connectivity index (χ1v) is 15.6. The molecule has 3 aromatic rings. The molecule has 1 N–H and O–H groups in total. The molecule has 0 fully saturated rings. The molecule has 3 rings (SSSR count). The van der Waals surface area contributed by atoms with Crippen molar-refractivity contribution in [3.8, 4) is 0 Å². The molecule has 41 heavy (non-hydrogen) atoms. The van der Waals surface area contributed by atoms with Gasteiger partial charge in [-0.3, -0.25) is 13.9 Å². The van der Waals surface area contributed by atoms with E-state index >= 15 is 0 Å². The van der Waals surface area contributed by atoms with Gasteiger partial charge in [0.05, 0.1) is 10.6 Å². The zero-order chi connectivity index (χ0) is 30.3. The fourth-order valence-electron chi connectivity index (χ4n) is 4.69. The molecule has 0 aliphatic rings. The average Bonchev–Trinajstić information content (AvgIpc) is 2.93. The van der Waals surface area contributed by atoms with Crippen LogP contribution in [0.2, 0.25) is 0 Å².